The summed E-state index contributed by atoms with van der Waals surface area (Å²) in [5, 5.41) is 13.0. The van der Waals surface area contributed by atoms with Crippen molar-refractivity contribution >= 4 is 35.0 Å². The van der Waals surface area contributed by atoms with Gasteiger partial charge in [-0.1, -0.05) is 71.4 Å². The lowest BCUT2D eigenvalue weighted by molar-refractivity contribution is -0.113. The van der Waals surface area contributed by atoms with Gasteiger partial charge in [0.2, 0.25) is 5.91 Å². The van der Waals surface area contributed by atoms with Crippen LogP contribution in [0.25, 0.3) is 17.1 Å². The number of para-hydroxylation sites is 1. The summed E-state index contributed by atoms with van der Waals surface area (Å²) >= 11 is 7.50. The van der Waals surface area contributed by atoms with Crippen LogP contribution in [0.4, 0.5) is 5.69 Å². The molecule has 4 aromatic rings. The normalized spacial score (nSPS) is 10.8. The third-order valence-electron chi connectivity index (χ3n) is 4.80. The van der Waals surface area contributed by atoms with Crippen LogP contribution in [-0.4, -0.2) is 26.4 Å². The van der Waals surface area contributed by atoms with E-state index in [0.717, 1.165) is 28.2 Å². The van der Waals surface area contributed by atoms with E-state index in [0.29, 0.717) is 15.9 Å². The highest BCUT2D eigenvalue weighted by Gasteiger charge is 2.17. The number of rotatable bonds is 6. The first-order chi connectivity index (χ1) is 15.0. The molecule has 0 atom stereocenters. The van der Waals surface area contributed by atoms with E-state index in [-0.39, 0.29) is 11.7 Å². The fourth-order valence-electron chi connectivity index (χ4n) is 3.20. The number of nitrogens with one attached hydrogen (secondary N) is 1. The number of thioether (sulfide) groups is 1. The summed E-state index contributed by atoms with van der Waals surface area (Å²) in [6.45, 7) is 3.93. The van der Waals surface area contributed by atoms with Crippen molar-refractivity contribution in [3.8, 4) is 17.1 Å². The number of aryl methyl sites for hydroxylation is 1. The Hall–Kier alpha value is -3.09. The zero-order valence-corrected chi connectivity index (χ0v) is 18.7. The number of carbonyl (C=O) groups is 1. The van der Waals surface area contributed by atoms with Crippen molar-refractivity contribution < 1.29 is 4.79 Å². The molecule has 0 aliphatic heterocycles. The number of nitrogens with zero attached hydrogens (tertiary/aromatic N) is 3. The first-order valence-corrected chi connectivity index (χ1v) is 11.1. The van der Waals surface area contributed by atoms with E-state index in [4.69, 9.17) is 11.6 Å². The van der Waals surface area contributed by atoms with Crippen LogP contribution in [0.3, 0.4) is 0 Å². The smallest absolute Gasteiger partial charge is 0.234 e. The zero-order chi connectivity index (χ0) is 21.8. The molecule has 0 spiro atoms. The molecule has 156 valence electrons. The Morgan fingerprint density at radius 2 is 1.77 bits per heavy atom. The van der Waals surface area contributed by atoms with Gasteiger partial charge >= 0.3 is 0 Å². The highest BCUT2D eigenvalue weighted by atomic mass is 35.5. The molecule has 0 fully saturated rings. The molecule has 3 aromatic carbocycles. The molecule has 5 nitrogen and oxygen atoms in total. The Morgan fingerprint density at radius 3 is 2.55 bits per heavy atom. The average Bonchev–Trinajstić information content (AvgIpc) is 3.20. The van der Waals surface area contributed by atoms with Crippen molar-refractivity contribution in [1.29, 1.82) is 0 Å². The van der Waals surface area contributed by atoms with E-state index in [1.807, 2.05) is 79.1 Å². The molecule has 1 N–H and O–H groups in total. The molecule has 0 unspecified atom stereocenters. The summed E-state index contributed by atoms with van der Waals surface area (Å²) in [6.07, 6.45) is 0. The predicted molar refractivity (Wildman–Crippen MR) is 127 cm³/mol. The number of amides is 1. The topological polar surface area (TPSA) is 59.8 Å². The van der Waals surface area contributed by atoms with Gasteiger partial charge in [0.05, 0.1) is 5.75 Å². The maximum Gasteiger partial charge on any atom is 0.234 e. The van der Waals surface area contributed by atoms with Gasteiger partial charge in [-0.05, 0) is 49.7 Å². The second-order valence-electron chi connectivity index (χ2n) is 7.10. The molecule has 7 heteroatoms. The molecule has 4 rings (SSSR count). The monoisotopic (exact) mass is 448 g/mol. The fraction of sp³-hybridized carbons (Fsp3) is 0.125. The Kier molecular flexibility index (Phi) is 6.39. The second-order valence-corrected chi connectivity index (χ2v) is 8.45. The van der Waals surface area contributed by atoms with Gasteiger partial charge in [0.1, 0.15) is 0 Å². The fourth-order valence-corrected chi connectivity index (χ4v) is 4.13. The van der Waals surface area contributed by atoms with Gasteiger partial charge in [-0.25, -0.2) is 0 Å². The Labute approximate surface area is 190 Å². The van der Waals surface area contributed by atoms with Crippen LogP contribution in [0, 0.1) is 13.8 Å². The number of aromatic nitrogens is 3. The molecule has 0 bridgehead atoms. The van der Waals surface area contributed by atoms with Gasteiger partial charge in [0.25, 0.3) is 0 Å². The number of halogens is 1. The van der Waals surface area contributed by atoms with Gasteiger partial charge in [-0.2, -0.15) is 0 Å². The van der Waals surface area contributed by atoms with Crippen LogP contribution in [0.2, 0.25) is 5.02 Å². The first kappa shape index (κ1) is 21.2. The van der Waals surface area contributed by atoms with Gasteiger partial charge in [0, 0.05) is 22.0 Å². The van der Waals surface area contributed by atoms with Gasteiger partial charge < -0.3 is 5.32 Å². The Morgan fingerprint density at radius 1 is 1.00 bits per heavy atom. The number of carbonyl (C=O) groups excluding carboxylic acids is 1. The molecule has 0 aliphatic rings. The summed E-state index contributed by atoms with van der Waals surface area (Å²) in [5.41, 5.74) is 4.62. The predicted octanol–water partition coefficient (Wildman–Crippen LogP) is 5.94. The molecule has 31 heavy (non-hydrogen) atoms. The highest BCUT2D eigenvalue weighted by molar-refractivity contribution is 7.99. The van der Waals surface area contributed by atoms with E-state index in [1.54, 1.807) is 6.07 Å². The van der Waals surface area contributed by atoms with Crippen molar-refractivity contribution in [1.82, 2.24) is 14.8 Å². The number of anilines is 1. The standard InChI is InChI=1S/C24H21ClN4OS/c1-16-8-6-9-18(14-16)23-27-28-24(29(23)19-10-4-3-5-11-19)31-15-22(30)26-21-13-7-12-20(25)17(21)2/h3-14H,15H2,1-2H3,(H,26,30). The molecular weight excluding hydrogens is 428 g/mol. The summed E-state index contributed by atoms with van der Waals surface area (Å²) < 4.78 is 1.98. The van der Waals surface area contributed by atoms with E-state index >= 15 is 0 Å². The van der Waals surface area contributed by atoms with Crippen molar-refractivity contribution in [2.24, 2.45) is 0 Å². The quantitative estimate of drug-likeness (QED) is 0.371. The maximum absolute atomic E-state index is 12.6. The summed E-state index contributed by atoms with van der Waals surface area (Å²) in [4.78, 5) is 12.6. The van der Waals surface area contributed by atoms with Gasteiger partial charge in [0.15, 0.2) is 11.0 Å². The SMILES string of the molecule is Cc1cccc(-c2nnc(SCC(=O)Nc3cccc(Cl)c3C)n2-c2ccccc2)c1. The number of hydrogen-bond donors (Lipinski definition) is 1. The van der Waals surface area contributed by atoms with Crippen molar-refractivity contribution in [2.75, 3.05) is 11.1 Å². The van der Waals surface area contributed by atoms with E-state index in [9.17, 15) is 4.79 Å². The van der Waals surface area contributed by atoms with Crippen LogP contribution in [0.15, 0.2) is 78.0 Å². The molecule has 0 saturated heterocycles. The molecule has 1 heterocycles. The lowest BCUT2D eigenvalue weighted by Gasteiger charge is -2.11. The third-order valence-corrected chi connectivity index (χ3v) is 6.14. The summed E-state index contributed by atoms with van der Waals surface area (Å²) in [6, 6.07) is 23.5. The van der Waals surface area contributed by atoms with Crippen LogP contribution >= 0.6 is 23.4 Å². The molecule has 0 saturated carbocycles. The molecule has 1 amide bonds. The first-order valence-electron chi connectivity index (χ1n) is 9.78. The zero-order valence-electron chi connectivity index (χ0n) is 17.2. The second kappa shape index (κ2) is 9.37. The van der Waals surface area contributed by atoms with Crippen molar-refractivity contribution in [3.05, 3.63) is 88.9 Å². The Bertz CT molecular complexity index is 1220. The minimum atomic E-state index is -0.130. The van der Waals surface area contributed by atoms with Crippen molar-refractivity contribution in [3.63, 3.8) is 0 Å². The van der Waals surface area contributed by atoms with Crippen LogP contribution in [-0.2, 0) is 4.79 Å². The summed E-state index contributed by atoms with van der Waals surface area (Å²) in [7, 11) is 0. The van der Waals surface area contributed by atoms with Crippen LogP contribution in [0.5, 0.6) is 0 Å². The van der Waals surface area contributed by atoms with E-state index in [2.05, 4.69) is 21.6 Å². The molecular formula is C24H21ClN4OS. The largest absolute Gasteiger partial charge is 0.325 e. The van der Waals surface area contributed by atoms with E-state index in [1.165, 1.54) is 11.8 Å². The van der Waals surface area contributed by atoms with Crippen molar-refractivity contribution in [2.45, 2.75) is 19.0 Å². The Balaban J connectivity index is 1.60. The maximum atomic E-state index is 12.6. The molecule has 1 aromatic heterocycles. The molecule has 0 radical (unpaired) electrons. The average molecular weight is 449 g/mol. The highest BCUT2D eigenvalue weighted by Crippen LogP contribution is 2.29. The molecule has 0 aliphatic carbocycles. The lowest BCUT2D eigenvalue weighted by Crippen LogP contribution is -2.15. The lowest BCUT2D eigenvalue weighted by atomic mass is 10.1. The van der Waals surface area contributed by atoms with Gasteiger partial charge in [-0.3, -0.25) is 9.36 Å². The minimum absolute atomic E-state index is 0.130. The van der Waals surface area contributed by atoms with E-state index < -0.39 is 0 Å². The van der Waals surface area contributed by atoms with Crippen LogP contribution in [0.1, 0.15) is 11.1 Å². The van der Waals surface area contributed by atoms with Gasteiger partial charge in [-0.15, -0.1) is 10.2 Å². The third kappa shape index (κ3) is 4.81. The minimum Gasteiger partial charge on any atom is -0.325 e. The number of benzene rings is 3. The number of hydrogen-bond acceptors (Lipinski definition) is 4. The van der Waals surface area contributed by atoms with Crippen LogP contribution < -0.4 is 5.32 Å². The summed E-state index contributed by atoms with van der Waals surface area (Å²) in [5.74, 6) is 0.809.